The van der Waals surface area contributed by atoms with Gasteiger partial charge in [-0.25, -0.2) is 0 Å². The van der Waals surface area contributed by atoms with Gasteiger partial charge in [0, 0.05) is 24.5 Å². The van der Waals surface area contributed by atoms with Gasteiger partial charge in [0.25, 0.3) is 0 Å². The van der Waals surface area contributed by atoms with Crippen molar-refractivity contribution < 1.29 is 4.79 Å². The van der Waals surface area contributed by atoms with Crippen molar-refractivity contribution in [2.75, 3.05) is 0 Å². The van der Waals surface area contributed by atoms with Gasteiger partial charge >= 0.3 is 0 Å². The van der Waals surface area contributed by atoms with E-state index in [2.05, 4.69) is 20.6 Å². The number of aromatic nitrogens is 4. The van der Waals surface area contributed by atoms with E-state index in [4.69, 9.17) is 11.6 Å². The molecule has 0 saturated carbocycles. The number of nitrogens with one attached hydrogen (secondary N) is 2. The fraction of sp³-hybridized carbons (Fsp3) is 0.417. The monoisotopic (exact) mass is 281 g/mol. The number of halogens is 1. The standard InChI is InChI=1S/C12H16ClN5O/c1-7-9(8(2)16-15-7)4-12(19)14-5-11-10(13)6-18(3)17-11/h6H,4-5H2,1-3H3,(H,14,19)(H,15,16). The summed E-state index contributed by atoms with van der Waals surface area (Å²) in [5.74, 6) is -0.0747. The highest BCUT2D eigenvalue weighted by Crippen LogP contribution is 2.13. The highest BCUT2D eigenvalue weighted by Gasteiger charge is 2.12. The quantitative estimate of drug-likeness (QED) is 0.886. The van der Waals surface area contributed by atoms with Crippen molar-refractivity contribution in [3.63, 3.8) is 0 Å². The molecule has 0 radical (unpaired) electrons. The van der Waals surface area contributed by atoms with Gasteiger partial charge in [-0.1, -0.05) is 11.6 Å². The molecule has 19 heavy (non-hydrogen) atoms. The third kappa shape index (κ3) is 3.14. The van der Waals surface area contributed by atoms with Gasteiger partial charge in [-0.3, -0.25) is 14.6 Å². The van der Waals surface area contributed by atoms with Crippen LogP contribution in [0.1, 0.15) is 22.6 Å². The third-order valence-corrected chi connectivity index (χ3v) is 3.24. The Hall–Kier alpha value is -1.82. The number of carbonyl (C=O) groups is 1. The predicted molar refractivity (Wildman–Crippen MR) is 71.8 cm³/mol. The minimum atomic E-state index is -0.0747. The summed E-state index contributed by atoms with van der Waals surface area (Å²) in [6.07, 6.45) is 2.01. The van der Waals surface area contributed by atoms with Crippen molar-refractivity contribution in [1.82, 2.24) is 25.3 Å². The van der Waals surface area contributed by atoms with Crippen molar-refractivity contribution >= 4 is 17.5 Å². The Morgan fingerprint density at radius 1 is 1.53 bits per heavy atom. The van der Waals surface area contributed by atoms with Crippen LogP contribution in [0.2, 0.25) is 5.02 Å². The Bertz CT molecular complexity index is 582. The highest BCUT2D eigenvalue weighted by atomic mass is 35.5. The number of rotatable bonds is 4. The molecule has 6 nitrogen and oxygen atoms in total. The maximum Gasteiger partial charge on any atom is 0.224 e. The molecule has 0 unspecified atom stereocenters. The summed E-state index contributed by atoms with van der Waals surface area (Å²) in [6, 6.07) is 0. The topological polar surface area (TPSA) is 75.6 Å². The molecule has 2 aromatic heterocycles. The first kappa shape index (κ1) is 13.6. The average Bonchev–Trinajstić information content (AvgIpc) is 2.83. The van der Waals surface area contributed by atoms with Crippen molar-refractivity contribution in [3.05, 3.63) is 33.9 Å². The van der Waals surface area contributed by atoms with Crippen LogP contribution in [0.3, 0.4) is 0 Å². The van der Waals surface area contributed by atoms with Crippen molar-refractivity contribution in [3.8, 4) is 0 Å². The summed E-state index contributed by atoms with van der Waals surface area (Å²) in [7, 11) is 1.79. The summed E-state index contributed by atoms with van der Waals surface area (Å²) >= 11 is 5.97. The number of nitrogens with zero attached hydrogens (tertiary/aromatic N) is 3. The lowest BCUT2D eigenvalue weighted by Crippen LogP contribution is -2.25. The van der Waals surface area contributed by atoms with E-state index in [-0.39, 0.29) is 5.91 Å². The molecule has 0 fully saturated rings. The van der Waals surface area contributed by atoms with E-state index < -0.39 is 0 Å². The minimum absolute atomic E-state index is 0.0747. The third-order valence-electron chi connectivity index (χ3n) is 2.93. The molecule has 0 saturated heterocycles. The van der Waals surface area contributed by atoms with E-state index in [9.17, 15) is 4.79 Å². The number of aromatic amines is 1. The maximum absolute atomic E-state index is 11.9. The van der Waals surface area contributed by atoms with Gasteiger partial charge in [0.15, 0.2) is 0 Å². The Kier molecular flexibility index (Phi) is 3.90. The molecule has 102 valence electrons. The number of carbonyl (C=O) groups excluding carboxylic acids is 1. The summed E-state index contributed by atoms with van der Waals surface area (Å²) in [6.45, 7) is 4.11. The molecule has 1 amide bonds. The van der Waals surface area contributed by atoms with Crippen molar-refractivity contribution in [2.24, 2.45) is 7.05 Å². The molecule has 0 aliphatic rings. The second-order valence-corrected chi connectivity index (χ2v) is 4.87. The van der Waals surface area contributed by atoms with E-state index in [0.29, 0.717) is 23.7 Å². The normalized spacial score (nSPS) is 10.7. The first-order valence-electron chi connectivity index (χ1n) is 5.92. The lowest BCUT2D eigenvalue weighted by molar-refractivity contribution is -0.120. The lowest BCUT2D eigenvalue weighted by atomic mass is 10.1. The van der Waals surface area contributed by atoms with Crippen LogP contribution < -0.4 is 5.32 Å². The van der Waals surface area contributed by atoms with Gasteiger partial charge in [-0.2, -0.15) is 10.2 Å². The molecule has 0 aliphatic heterocycles. The molecule has 7 heteroatoms. The number of hydrogen-bond acceptors (Lipinski definition) is 3. The van der Waals surface area contributed by atoms with E-state index in [0.717, 1.165) is 17.0 Å². The maximum atomic E-state index is 11.9. The lowest BCUT2D eigenvalue weighted by Gasteiger charge is -2.04. The first-order chi connectivity index (χ1) is 8.97. The molecular formula is C12H16ClN5O. The molecular weight excluding hydrogens is 266 g/mol. The Labute approximate surface area is 116 Å². The molecule has 2 rings (SSSR count). The van der Waals surface area contributed by atoms with Crippen LogP contribution in [-0.4, -0.2) is 25.9 Å². The Balaban J connectivity index is 1.94. The zero-order chi connectivity index (χ0) is 14.0. The Morgan fingerprint density at radius 2 is 2.26 bits per heavy atom. The van der Waals surface area contributed by atoms with Gasteiger partial charge < -0.3 is 5.32 Å². The largest absolute Gasteiger partial charge is 0.350 e. The molecule has 0 atom stereocenters. The van der Waals surface area contributed by atoms with Gasteiger partial charge in [-0.05, 0) is 13.8 Å². The fourth-order valence-corrected chi connectivity index (χ4v) is 2.11. The fourth-order valence-electron chi connectivity index (χ4n) is 1.87. The second kappa shape index (κ2) is 5.44. The molecule has 2 heterocycles. The van der Waals surface area contributed by atoms with Gasteiger partial charge in [-0.15, -0.1) is 0 Å². The van der Waals surface area contributed by atoms with Crippen LogP contribution in [0, 0.1) is 13.8 Å². The molecule has 0 aliphatic carbocycles. The van der Waals surface area contributed by atoms with E-state index in [1.165, 1.54) is 0 Å². The highest BCUT2D eigenvalue weighted by molar-refractivity contribution is 6.31. The van der Waals surface area contributed by atoms with Gasteiger partial charge in [0.05, 0.1) is 23.7 Å². The Morgan fingerprint density at radius 3 is 2.79 bits per heavy atom. The first-order valence-corrected chi connectivity index (χ1v) is 6.30. The average molecular weight is 282 g/mol. The minimum Gasteiger partial charge on any atom is -0.350 e. The molecule has 2 N–H and O–H groups in total. The van der Waals surface area contributed by atoms with E-state index in [1.54, 1.807) is 17.9 Å². The number of hydrogen-bond donors (Lipinski definition) is 2. The predicted octanol–water partition coefficient (Wildman–Crippen LogP) is 1.27. The molecule has 0 aromatic carbocycles. The van der Waals surface area contributed by atoms with Crippen LogP contribution in [0.25, 0.3) is 0 Å². The SMILES string of the molecule is Cc1n[nH]c(C)c1CC(=O)NCc1nn(C)cc1Cl. The number of H-pyrrole nitrogens is 1. The van der Waals surface area contributed by atoms with Crippen LogP contribution >= 0.6 is 11.6 Å². The van der Waals surface area contributed by atoms with Crippen molar-refractivity contribution in [1.29, 1.82) is 0 Å². The zero-order valence-electron chi connectivity index (χ0n) is 11.1. The number of amides is 1. The van der Waals surface area contributed by atoms with Crippen LogP contribution in [-0.2, 0) is 24.8 Å². The van der Waals surface area contributed by atoms with Gasteiger partial charge in [0.1, 0.15) is 5.69 Å². The van der Waals surface area contributed by atoms with Crippen molar-refractivity contribution in [2.45, 2.75) is 26.8 Å². The summed E-state index contributed by atoms with van der Waals surface area (Å²) < 4.78 is 1.62. The smallest absolute Gasteiger partial charge is 0.224 e. The van der Waals surface area contributed by atoms with Gasteiger partial charge in [0.2, 0.25) is 5.91 Å². The molecule has 0 spiro atoms. The second-order valence-electron chi connectivity index (χ2n) is 4.46. The summed E-state index contributed by atoms with van der Waals surface area (Å²) in [5, 5.41) is 14.4. The summed E-state index contributed by atoms with van der Waals surface area (Å²) in [5.41, 5.74) is 3.37. The zero-order valence-corrected chi connectivity index (χ0v) is 11.9. The van der Waals surface area contributed by atoms with E-state index in [1.807, 2.05) is 13.8 Å². The molecule has 2 aromatic rings. The van der Waals surface area contributed by atoms with E-state index >= 15 is 0 Å². The molecule has 0 bridgehead atoms. The number of aryl methyl sites for hydroxylation is 3. The van der Waals surface area contributed by atoms with Crippen LogP contribution in [0.15, 0.2) is 6.20 Å². The van der Waals surface area contributed by atoms with Crippen LogP contribution in [0.5, 0.6) is 0 Å². The van der Waals surface area contributed by atoms with Crippen LogP contribution in [0.4, 0.5) is 0 Å². The summed E-state index contributed by atoms with van der Waals surface area (Å²) in [4.78, 5) is 11.9.